The summed E-state index contributed by atoms with van der Waals surface area (Å²) in [5, 5.41) is 2.96. The predicted molar refractivity (Wildman–Crippen MR) is 76.7 cm³/mol. The Morgan fingerprint density at radius 2 is 1.94 bits per heavy atom. The van der Waals surface area contributed by atoms with Crippen LogP contribution in [0.2, 0.25) is 0 Å². The Hall–Kier alpha value is -1.82. The highest BCUT2D eigenvalue weighted by Gasteiger charge is 2.15. The first-order valence-corrected chi connectivity index (χ1v) is 5.69. The Labute approximate surface area is 113 Å². The zero-order valence-corrected chi connectivity index (χ0v) is 11.7. The molecule has 0 radical (unpaired) electrons. The van der Waals surface area contributed by atoms with E-state index in [0.29, 0.717) is 5.70 Å². The van der Waals surface area contributed by atoms with Gasteiger partial charge in [0.25, 0.3) is 0 Å². The van der Waals surface area contributed by atoms with E-state index in [2.05, 4.69) is 29.3 Å². The van der Waals surface area contributed by atoms with E-state index in [1.165, 1.54) is 0 Å². The number of hydrogen-bond donors (Lipinski definition) is 3. The van der Waals surface area contributed by atoms with E-state index in [1.807, 2.05) is 0 Å². The lowest BCUT2D eigenvalue weighted by Gasteiger charge is -2.20. The molecule has 0 aromatic rings. The lowest BCUT2D eigenvalue weighted by atomic mass is 10.2. The summed E-state index contributed by atoms with van der Waals surface area (Å²) >= 11 is 4.93. The number of carbonyl (C=O) groups is 1. The Bertz CT molecular complexity index is 370. The van der Waals surface area contributed by atoms with Crippen molar-refractivity contribution in [3.63, 3.8) is 0 Å². The van der Waals surface area contributed by atoms with Gasteiger partial charge in [0, 0.05) is 5.70 Å². The van der Waals surface area contributed by atoms with Crippen LogP contribution in [0.15, 0.2) is 37.1 Å². The van der Waals surface area contributed by atoms with Crippen molar-refractivity contribution in [1.29, 1.82) is 0 Å². The van der Waals surface area contributed by atoms with Crippen LogP contribution in [0.3, 0.4) is 0 Å². The molecule has 0 bridgehead atoms. The largest absolute Gasteiger partial charge is 0.443 e. The van der Waals surface area contributed by atoms with E-state index < -0.39 is 11.7 Å². The quantitative estimate of drug-likeness (QED) is 0.416. The summed E-state index contributed by atoms with van der Waals surface area (Å²) in [6.07, 6.45) is 4.40. The molecule has 6 heteroatoms. The summed E-state index contributed by atoms with van der Waals surface area (Å²) < 4.78 is 5.01. The maximum atomic E-state index is 11.3. The van der Waals surface area contributed by atoms with Crippen molar-refractivity contribution in [3.05, 3.63) is 37.1 Å². The van der Waals surface area contributed by atoms with E-state index in [0.717, 1.165) is 0 Å². The fourth-order valence-electron chi connectivity index (χ4n) is 0.814. The molecule has 100 valence electrons. The molecule has 0 fully saturated rings. The van der Waals surface area contributed by atoms with Gasteiger partial charge in [0.15, 0.2) is 5.11 Å². The zero-order valence-electron chi connectivity index (χ0n) is 10.9. The topological polar surface area (TPSA) is 62.4 Å². The lowest BCUT2D eigenvalue weighted by Crippen LogP contribution is -2.47. The fraction of sp³-hybridized carbons (Fsp3) is 0.333. The number of hydrazine groups is 1. The second-order valence-corrected chi connectivity index (χ2v) is 4.73. The fourth-order valence-corrected chi connectivity index (χ4v) is 0.996. The highest BCUT2D eigenvalue weighted by atomic mass is 32.1. The molecular weight excluding hydrogens is 250 g/mol. The van der Waals surface area contributed by atoms with Gasteiger partial charge in [0.05, 0.1) is 0 Å². The highest BCUT2D eigenvalue weighted by molar-refractivity contribution is 7.80. The molecule has 0 aliphatic heterocycles. The van der Waals surface area contributed by atoms with Crippen LogP contribution in [0, 0.1) is 0 Å². The number of nitrogens with one attached hydrogen (secondary N) is 3. The van der Waals surface area contributed by atoms with E-state index >= 15 is 0 Å². The lowest BCUT2D eigenvalue weighted by molar-refractivity contribution is 0.0513. The van der Waals surface area contributed by atoms with E-state index in [4.69, 9.17) is 17.0 Å². The molecule has 0 aliphatic carbocycles. The van der Waals surface area contributed by atoms with Crippen LogP contribution >= 0.6 is 12.2 Å². The molecule has 0 spiro atoms. The zero-order chi connectivity index (χ0) is 14.2. The number of carbonyl (C=O) groups excluding carboxylic acids is 1. The number of allylic oxidation sites excluding steroid dienone is 3. The van der Waals surface area contributed by atoms with Crippen LogP contribution in [0.4, 0.5) is 4.79 Å². The second-order valence-electron chi connectivity index (χ2n) is 4.33. The van der Waals surface area contributed by atoms with Gasteiger partial charge in [0.2, 0.25) is 0 Å². The van der Waals surface area contributed by atoms with Crippen molar-refractivity contribution >= 4 is 23.4 Å². The maximum Gasteiger partial charge on any atom is 0.426 e. The molecule has 0 heterocycles. The van der Waals surface area contributed by atoms with Gasteiger partial charge < -0.3 is 10.1 Å². The summed E-state index contributed by atoms with van der Waals surface area (Å²) in [7, 11) is 0. The van der Waals surface area contributed by atoms with Crippen molar-refractivity contribution in [2.75, 3.05) is 0 Å². The van der Waals surface area contributed by atoms with Gasteiger partial charge in [0.1, 0.15) is 5.60 Å². The Morgan fingerprint density at radius 1 is 1.33 bits per heavy atom. The van der Waals surface area contributed by atoms with Crippen LogP contribution in [0.5, 0.6) is 0 Å². The minimum absolute atomic E-state index is 0.208. The molecule has 3 N–H and O–H groups in total. The van der Waals surface area contributed by atoms with Crippen LogP contribution in [-0.4, -0.2) is 16.8 Å². The van der Waals surface area contributed by atoms with Gasteiger partial charge in [-0.15, -0.1) is 0 Å². The van der Waals surface area contributed by atoms with E-state index in [-0.39, 0.29) is 5.11 Å². The van der Waals surface area contributed by atoms with Gasteiger partial charge >= 0.3 is 6.09 Å². The van der Waals surface area contributed by atoms with Gasteiger partial charge in [-0.1, -0.05) is 25.3 Å². The molecule has 0 atom stereocenters. The Morgan fingerprint density at radius 3 is 2.44 bits per heavy atom. The number of ether oxygens (including phenoxy) is 1. The van der Waals surface area contributed by atoms with Crippen molar-refractivity contribution < 1.29 is 9.53 Å². The van der Waals surface area contributed by atoms with Crippen molar-refractivity contribution in [2.45, 2.75) is 26.4 Å². The molecule has 0 unspecified atom stereocenters. The molecule has 0 aromatic heterocycles. The third-order valence-electron chi connectivity index (χ3n) is 1.38. The molecule has 1 amide bonds. The minimum atomic E-state index is -0.612. The molecule has 0 aromatic carbocycles. The normalized spacial score (nSPS) is 10.6. The minimum Gasteiger partial charge on any atom is -0.443 e. The van der Waals surface area contributed by atoms with E-state index in [9.17, 15) is 4.79 Å². The number of thiocarbonyl (C=S) groups is 1. The Balaban J connectivity index is 3.97. The third kappa shape index (κ3) is 9.41. The molecular formula is C12H19N3O2S. The molecule has 0 saturated carbocycles. The summed E-state index contributed by atoms with van der Waals surface area (Å²) in [6, 6.07) is 0. The summed E-state index contributed by atoms with van der Waals surface area (Å²) in [5.74, 6) is 0. The van der Waals surface area contributed by atoms with Gasteiger partial charge in [-0.3, -0.25) is 5.43 Å². The van der Waals surface area contributed by atoms with Gasteiger partial charge in [-0.05, 0) is 39.1 Å². The first kappa shape index (κ1) is 16.2. The second kappa shape index (κ2) is 7.50. The molecule has 0 saturated heterocycles. The number of rotatable bonds is 3. The molecule has 18 heavy (non-hydrogen) atoms. The molecule has 5 nitrogen and oxygen atoms in total. The smallest absolute Gasteiger partial charge is 0.426 e. The highest BCUT2D eigenvalue weighted by Crippen LogP contribution is 2.05. The van der Waals surface area contributed by atoms with Gasteiger partial charge in [-0.2, -0.15) is 0 Å². The average Bonchev–Trinajstić information content (AvgIpc) is 2.21. The van der Waals surface area contributed by atoms with E-state index in [1.54, 1.807) is 39.0 Å². The van der Waals surface area contributed by atoms with Crippen molar-refractivity contribution in [1.82, 2.24) is 16.2 Å². The number of hydrogen-bond acceptors (Lipinski definition) is 3. The van der Waals surface area contributed by atoms with Gasteiger partial charge in [-0.25, -0.2) is 10.2 Å². The predicted octanol–water partition coefficient (Wildman–Crippen LogP) is 2.15. The third-order valence-corrected chi connectivity index (χ3v) is 1.59. The van der Waals surface area contributed by atoms with Crippen LogP contribution in [-0.2, 0) is 4.74 Å². The first-order valence-electron chi connectivity index (χ1n) is 5.28. The van der Waals surface area contributed by atoms with Crippen LogP contribution in [0.1, 0.15) is 20.8 Å². The van der Waals surface area contributed by atoms with Crippen molar-refractivity contribution in [3.8, 4) is 0 Å². The first-order chi connectivity index (χ1) is 8.24. The molecule has 0 aliphatic rings. The maximum absolute atomic E-state index is 11.3. The standard InChI is InChI=1S/C12H19N3O2S/c1-6-7-8-9(2)13-10(18)14-15-11(16)17-12(3,4)5/h6-8H,1-2H2,3-5H3,(H,15,16)(H2,13,14,18)/b8-7-. The Kier molecular flexibility index (Phi) is 6.74. The van der Waals surface area contributed by atoms with Crippen LogP contribution < -0.4 is 16.2 Å². The summed E-state index contributed by atoms with van der Waals surface area (Å²) in [6.45, 7) is 12.5. The van der Waals surface area contributed by atoms with Crippen molar-refractivity contribution in [2.24, 2.45) is 0 Å². The summed E-state index contributed by atoms with van der Waals surface area (Å²) in [5.41, 5.74) is 4.80. The summed E-state index contributed by atoms with van der Waals surface area (Å²) in [4.78, 5) is 11.3. The van der Waals surface area contributed by atoms with Crippen LogP contribution in [0.25, 0.3) is 0 Å². The SMILES string of the molecule is C=C/C=C\C(=C)NC(=S)NNC(=O)OC(C)(C)C. The average molecular weight is 269 g/mol. The molecule has 0 rings (SSSR count). The monoisotopic (exact) mass is 269 g/mol. The number of amides is 1.